The topological polar surface area (TPSA) is 66.1 Å². The molecule has 5 nitrogen and oxygen atoms in total. The molecule has 0 fully saturated rings. The van der Waals surface area contributed by atoms with Crippen LogP contribution in [-0.4, -0.2) is 24.1 Å². The van der Waals surface area contributed by atoms with Gasteiger partial charge in [0.25, 0.3) is 0 Å². The Labute approximate surface area is 172 Å². The first-order valence-electron chi connectivity index (χ1n) is 7.71. The monoisotopic (exact) mass is 434 g/mol. The van der Waals surface area contributed by atoms with Gasteiger partial charge in [-0.1, -0.05) is 60.3 Å². The second-order valence-corrected chi connectivity index (χ2v) is 8.06. The maximum atomic E-state index is 12.1. The molecule has 0 aliphatic heterocycles. The zero-order valence-electron chi connectivity index (χ0n) is 14.2. The molecular formula is C17H18Cl4N4O. The Kier molecular flexibility index (Phi) is 7.24. The first-order valence-corrected chi connectivity index (χ1v) is 9.22. The van der Waals surface area contributed by atoms with E-state index in [1.54, 1.807) is 18.2 Å². The highest BCUT2D eigenvalue weighted by Gasteiger charge is 2.20. The molecule has 1 heterocycles. The quantitative estimate of drug-likeness (QED) is 0.524. The predicted octanol–water partition coefficient (Wildman–Crippen LogP) is 5.96. The minimum atomic E-state index is -0.337. The lowest BCUT2D eigenvalue weighted by molar-refractivity contribution is 0.246. The molecule has 0 saturated heterocycles. The van der Waals surface area contributed by atoms with Crippen molar-refractivity contribution < 1.29 is 4.79 Å². The average Bonchev–Trinajstić information content (AvgIpc) is 2.56. The highest BCUT2D eigenvalue weighted by molar-refractivity contribution is 6.42. The van der Waals surface area contributed by atoms with E-state index in [-0.39, 0.29) is 11.4 Å². The van der Waals surface area contributed by atoms with E-state index in [0.717, 1.165) is 0 Å². The standard InChI is InChI=1S/C17H18Cl4N4O/c1-17(2,8-23-15-13(20)6-22-7-14(15)21)9-24-16(26)25-10-3-4-11(18)12(19)5-10/h3-7H,8-9H2,1-2H3,(H,22,23)(H2,24,25,26). The van der Waals surface area contributed by atoms with Gasteiger partial charge in [0.1, 0.15) is 0 Å². The number of pyridine rings is 1. The Hall–Kier alpha value is -1.40. The van der Waals surface area contributed by atoms with E-state index in [9.17, 15) is 4.79 Å². The fraction of sp³-hybridized carbons (Fsp3) is 0.294. The minimum absolute atomic E-state index is 0.259. The molecule has 0 aliphatic rings. The Morgan fingerprint density at radius 1 is 1.00 bits per heavy atom. The van der Waals surface area contributed by atoms with Crippen molar-refractivity contribution in [2.45, 2.75) is 13.8 Å². The number of anilines is 2. The van der Waals surface area contributed by atoms with Crippen LogP contribution in [-0.2, 0) is 0 Å². The summed E-state index contributed by atoms with van der Waals surface area (Å²) in [6, 6.07) is 4.55. The number of carbonyl (C=O) groups excluding carboxylic acids is 1. The summed E-state index contributed by atoms with van der Waals surface area (Å²) in [5.41, 5.74) is 0.921. The third-order valence-corrected chi connectivity index (χ3v) is 4.81. The van der Waals surface area contributed by atoms with Gasteiger partial charge in [0.2, 0.25) is 0 Å². The number of hydrogen-bond donors (Lipinski definition) is 3. The molecule has 2 aromatic rings. The van der Waals surface area contributed by atoms with Crippen LogP contribution in [0.25, 0.3) is 0 Å². The van der Waals surface area contributed by atoms with Crippen molar-refractivity contribution in [3.63, 3.8) is 0 Å². The molecule has 9 heteroatoms. The van der Waals surface area contributed by atoms with E-state index in [1.165, 1.54) is 12.4 Å². The first-order chi connectivity index (χ1) is 12.2. The second-order valence-electron chi connectivity index (χ2n) is 6.43. The van der Waals surface area contributed by atoms with Gasteiger partial charge >= 0.3 is 6.03 Å². The number of carbonyl (C=O) groups is 1. The maximum Gasteiger partial charge on any atom is 0.319 e. The van der Waals surface area contributed by atoms with E-state index < -0.39 is 0 Å². The number of hydrogen-bond acceptors (Lipinski definition) is 3. The van der Waals surface area contributed by atoms with Gasteiger partial charge in [-0.2, -0.15) is 0 Å². The number of rotatable bonds is 6. The van der Waals surface area contributed by atoms with E-state index in [4.69, 9.17) is 46.4 Å². The number of amides is 2. The van der Waals surface area contributed by atoms with Crippen LogP contribution < -0.4 is 16.0 Å². The van der Waals surface area contributed by atoms with Gasteiger partial charge in [-0.3, -0.25) is 4.98 Å². The molecule has 0 unspecified atom stereocenters. The number of halogens is 4. The largest absolute Gasteiger partial charge is 0.382 e. The van der Waals surface area contributed by atoms with E-state index in [0.29, 0.717) is 44.6 Å². The Morgan fingerprint density at radius 3 is 2.27 bits per heavy atom. The number of urea groups is 1. The number of nitrogens with one attached hydrogen (secondary N) is 3. The van der Waals surface area contributed by atoms with Crippen LogP contribution in [0.2, 0.25) is 20.1 Å². The fourth-order valence-corrected chi connectivity index (χ4v) is 2.84. The molecule has 2 amide bonds. The number of nitrogens with zero attached hydrogens (tertiary/aromatic N) is 1. The van der Waals surface area contributed by atoms with Crippen molar-refractivity contribution in [2.24, 2.45) is 5.41 Å². The summed E-state index contributed by atoms with van der Waals surface area (Å²) in [4.78, 5) is 16.0. The SMILES string of the molecule is CC(C)(CNC(=O)Nc1ccc(Cl)c(Cl)c1)CNc1c(Cl)cncc1Cl. The zero-order chi connectivity index (χ0) is 19.3. The first kappa shape index (κ1) is 20.9. The maximum absolute atomic E-state index is 12.1. The minimum Gasteiger partial charge on any atom is -0.382 e. The van der Waals surface area contributed by atoms with E-state index in [1.807, 2.05) is 13.8 Å². The normalized spacial score (nSPS) is 11.2. The second kappa shape index (κ2) is 9.00. The third kappa shape index (κ3) is 6.09. The molecule has 0 radical (unpaired) electrons. The Bertz CT molecular complexity index is 778. The van der Waals surface area contributed by atoms with Gasteiger partial charge in [0.05, 0.1) is 25.8 Å². The molecule has 0 bridgehead atoms. The van der Waals surface area contributed by atoms with Crippen LogP contribution in [0.3, 0.4) is 0 Å². The molecule has 0 spiro atoms. The van der Waals surface area contributed by atoms with Crippen LogP contribution in [0.4, 0.5) is 16.2 Å². The van der Waals surface area contributed by atoms with Crippen LogP contribution in [0.15, 0.2) is 30.6 Å². The zero-order valence-corrected chi connectivity index (χ0v) is 17.2. The van der Waals surface area contributed by atoms with Gasteiger partial charge in [0, 0.05) is 31.2 Å². The molecule has 3 N–H and O–H groups in total. The molecule has 0 atom stereocenters. The van der Waals surface area contributed by atoms with Gasteiger partial charge in [-0.25, -0.2) is 4.79 Å². The summed E-state index contributed by atoms with van der Waals surface area (Å²) in [5.74, 6) is 0. The summed E-state index contributed by atoms with van der Waals surface area (Å²) < 4.78 is 0. The highest BCUT2D eigenvalue weighted by atomic mass is 35.5. The lowest BCUT2D eigenvalue weighted by atomic mass is 9.93. The van der Waals surface area contributed by atoms with Crippen molar-refractivity contribution in [3.05, 3.63) is 50.7 Å². The molecule has 0 saturated carbocycles. The summed E-state index contributed by atoms with van der Waals surface area (Å²) in [5, 5.41) is 10.4. The van der Waals surface area contributed by atoms with E-state index >= 15 is 0 Å². The summed E-state index contributed by atoms with van der Waals surface area (Å²) in [6.45, 7) is 4.97. The summed E-state index contributed by atoms with van der Waals surface area (Å²) in [7, 11) is 0. The fourth-order valence-electron chi connectivity index (χ4n) is 2.04. The van der Waals surface area contributed by atoms with Crippen molar-refractivity contribution in [2.75, 3.05) is 23.7 Å². The number of aromatic nitrogens is 1. The van der Waals surface area contributed by atoms with Gasteiger partial charge in [-0.15, -0.1) is 0 Å². The van der Waals surface area contributed by atoms with Crippen LogP contribution in [0.1, 0.15) is 13.8 Å². The molecule has 2 rings (SSSR count). The molecule has 1 aromatic heterocycles. The van der Waals surface area contributed by atoms with Gasteiger partial charge < -0.3 is 16.0 Å². The van der Waals surface area contributed by atoms with Crippen molar-refractivity contribution in [1.82, 2.24) is 10.3 Å². The van der Waals surface area contributed by atoms with Gasteiger partial charge in [-0.05, 0) is 23.6 Å². The average molecular weight is 436 g/mol. The Balaban J connectivity index is 1.86. The lowest BCUT2D eigenvalue weighted by Gasteiger charge is -2.26. The number of benzene rings is 1. The van der Waals surface area contributed by atoms with Crippen molar-refractivity contribution in [1.29, 1.82) is 0 Å². The summed E-state index contributed by atoms with van der Waals surface area (Å²) in [6.07, 6.45) is 3.04. The van der Waals surface area contributed by atoms with Crippen LogP contribution in [0.5, 0.6) is 0 Å². The van der Waals surface area contributed by atoms with Crippen molar-refractivity contribution >= 4 is 63.8 Å². The van der Waals surface area contributed by atoms with E-state index in [2.05, 4.69) is 20.9 Å². The molecule has 26 heavy (non-hydrogen) atoms. The lowest BCUT2D eigenvalue weighted by Crippen LogP contribution is -2.40. The molecule has 1 aromatic carbocycles. The van der Waals surface area contributed by atoms with Crippen molar-refractivity contribution in [3.8, 4) is 0 Å². The highest BCUT2D eigenvalue weighted by Crippen LogP contribution is 2.30. The smallest absolute Gasteiger partial charge is 0.319 e. The molecular weight excluding hydrogens is 418 g/mol. The summed E-state index contributed by atoms with van der Waals surface area (Å²) >= 11 is 24.0. The van der Waals surface area contributed by atoms with Crippen LogP contribution >= 0.6 is 46.4 Å². The third-order valence-electron chi connectivity index (χ3n) is 3.50. The Morgan fingerprint density at radius 2 is 1.65 bits per heavy atom. The van der Waals surface area contributed by atoms with Crippen LogP contribution in [0, 0.1) is 5.41 Å². The molecule has 0 aliphatic carbocycles. The molecule has 140 valence electrons. The predicted molar refractivity (Wildman–Crippen MR) is 110 cm³/mol. The van der Waals surface area contributed by atoms with Gasteiger partial charge in [0.15, 0.2) is 0 Å².